The number of carbonyl (C=O) groups is 3. The molecule has 4 atom stereocenters. The fourth-order valence-electron chi connectivity index (χ4n) is 9.51. The van der Waals surface area contributed by atoms with Crippen LogP contribution in [0.3, 0.4) is 0 Å². The summed E-state index contributed by atoms with van der Waals surface area (Å²) in [6.07, 6.45) is 12.1. The third-order valence-electron chi connectivity index (χ3n) is 12.5. The van der Waals surface area contributed by atoms with Crippen molar-refractivity contribution in [3.63, 3.8) is 0 Å². The van der Waals surface area contributed by atoms with Gasteiger partial charge in [-0.15, -0.1) is 0 Å². The minimum atomic E-state index is -1.69. The number of carbonyl (C=O) groups excluding carboxylic acids is 3. The van der Waals surface area contributed by atoms with Crippen molar-refractivity contribution >= 4 is 47.4 Å². The Hall–Kier alpha value is -2.64. The van der Waals surface area contributed by atoms with Gasteiger partial charge in [-0.1, -0.05) is 75.3 Å². The average molecular weight is 732 g/mol. The number of rotatable bonds is 14. The normalized spacial score (nSPS) is 24.9. The van der Waals surface area contributed by atoms with Crippen LogP contribution in [0.5, 0.6) is 0 Å². The van der Waals surface area contributed by atoms with Crippen molar-refractivity contribution in [1.82, 2.24) is 25.3 Å². The lowest BCUT2D eigenvalue weighted by Gasteiger charge is -2.55. The first-order valence-corrected chi connectivity index (χ1v) is 21.2. The Balaban J connectivity index is 1.04. The van der Waals surface area contributed by atoms with Crippen LogP contribution in [-0.4, -0.2) is 124 Å². The molecule has 5 fully saturated rings. The van der Waals surface area contributed by atoms with E-state index in [9.17, 15) is 24.4 Å². The van der Waals surface area contributed by atoms with Crippen LogP contribution in [0.2, 0.25) is 0 Å². The molecule has 4 aliphatic heterocycles. The van der Waals surface area contributed by atoms with E-state index in [0.717, 1.165) is 94.9 Å². The first-order valence-electron chi connectivity index (χ1n) is 20.1. The summed E-state index contributed by atoms with van der Waals surface area (Å²) < 4.78 is 0. The van der Waals surface area contributed by atoms with E-state index in [1.807, 2.05) is 54.2 Å². The Bertz CT molecular complexity index is 1540. The Kier molecular flexibility index (Phi) is 12.5. The zero-order chi connectivity index (χ0) is 36.1. The number of unbranched alkanes of at least 4 members (excludes halogenated alkanes) is 1. The summed E-state index contributed by atoms with van der Waals surface area (Å²) in [5.41, 5.74) is 1.06. The number of nitrogens with zero attached hydrogens (tertiary/aromatic N) is 3. The van der Waals surface area contributed by atoms with Crippen molar-refractivity contribution in [2.24, 2.45) is 11.3 Å². The summed E-state index contributed by atoms with van der Waals surface area (Å²) in [6, 6.07) is 12.1. The minimum Gasteiger partial charge on any atom is -0.426 e. The second-order valence-electron chi connectivity index (χ2n) is 16.5. The first kappa shape index (κ1) is 37.7. The van der Waals surface area contributed by atoms with Gasteiger partial charge in [0, 0.05) is 48.2 Å². The zero-order valence-corrected chi connectivity index (χ0v) is 31.5. The number of nitrogens with one attached hydrogen (secondary N) is 2. The van der Waals surface area contributed by atoms with Gasteiger partial charge < -0.3 is 30.5 Å². The largest absolute Gasteiger partial charge is 0.475 e. The summed E-state index contributed by atoms with van der Waals surface area (Å²) in [6.45, 7) is 5.63. The number of piperidine rings is 1. The van der Waals surface area contributed by atoms with E-state index in [4.69, 9.17) is 0 Å². The molecule has 1 spiro atoms. The molecule has 1 aliphatic carbocycles. The van der Waals surface area contributed by atoms with E-state index in [1.165, 1.54) is 24.3 Å². The summed E-state index contributed by atoms with van der Waals surface area (Å²) in [4.78, 5) is 49.3. The summed E-state index contributed by atoms with van der Waals surface area (Å²) in [5.74, 6) is 1.23. The Morgan fingerprint density at radius 2 is 1.63 bits per heavy atom. The average Bonchev–Trinajstić information content (AvgIpc) is 3.58. The number of thioether (sulfide) groups is 1. The Labute approximate surface area is 314 Å². The van der Waals surface area contributed by atoms with Crippen LogP contribution in [-0.2, 0) is 9.59 Å². The molecule has 5 aliphatic rings. The highest BCUT2D eigenvalue weighted by Crippen LogP contribution is 2.45. The van der Waals surface area contributed by atoms with Gasteiger partial charge in [-0.3, -0.25) is 19.3 Å². The van der Waals surface area contributed by atoms with Crippen LogP contribution >= 0.6 is 11.8 Å². The van der Waals surface area contributed by atoms with Crippen molar-refractivity contribution in [3.05, 3.63) is 48.0 Å². The predicted molar refractivity (Wildman–Crippen MR) is 208 cm³/mol. The molecule has 4 N–H and O–H groups in total. The molecule has 1 saturated carbocycles. The van der Waals surface area contributed by atoms with E-state index in [-0.39, 0.29) is 23.8 Å². The van der Waals surface area contributed by atoms with Crippen molar-refractivity contribution < 1.29 is 24.4 Å². The second kappa shape index (κ2) is 17.2. The van der Waals surface area contributed by atoms with Gasteiger partial charge in [0.15, 0.2) is 0 Å². The summed E-state index contributed by atoms with van der Waals surface area (Å²) >= 11 is 2.03. The van der Waals surface area contributed by atoms with Crippen LogP contribution < -0.4 is 10.6 Å². The number of fused-ring (bicyclic) bond motifs is 1. The maximum absolute atomic E-state index is 14.7. The van der Waals surface area contributed by atoms with Crippen molar-refractivity contribution in [3.8, 4) is 0 Å². The summed E-state index contributed by atoms with van der Waals surface area (Å²) in [7, 11) is -1.69. The lowest BCUT2D eigenvalue weighted by atomic mass is 9.76. The lowest BCUT2D eigenvalue weighted by Crippen LogP contribution is -2.62. The molecular formula is C40H58BN5O5S. The van der Waals surface area contributed by atoms with E-state index >= 15 is 0 Å². The molecular weight excluding hydrogens is 673 g/mol. The molecule has 7 rings (SSSR count). The third-order valence-corrected chi connectivity index (χ3v) is 14.2. The quantitative estimate of drug-likeness (QED) is 0.169. The van der Waals surface area contributed by atoms with Gasteiger partial charge in [0.1, 0.15) is 12.1 Å². The van der Waals surface area contributed by atoms with Gasteiger partial charge in [0.2, 0.25) is 11.8 Å². The Morgan fingerprint density at radius 1 is 0.904 bits per heavy atom. The van der Waals surface area contributed by atoms with Crippen molar-refractivity contribution in [2.75, 3.05) is 50.8 Å². The predicted octanol–water partition coefficient (Wildman–Crippen LogP) is 4.08. The smallest absolute Gasteiger partial charge is 0.426 e. The van der Waals surface area contributed by atoms with Gasteiger partial charge in [-0.2, -0.15) is 11.8 Å². The monoisotopic (exact) mass is 731 g/mol. The number of benzene rings is 2. The zero-order valence-electron chi connectivity index (χ0n) is 30.7. The maximum atomic E-state index is 14.7. The number of amides is 3. The van der Waals surface area contributed by atoms with Crippen molar-refractivity contribution in [1.29, 1.82) is 0 Å². The third kappa shape index (κ3) is 9.00. The molecule has 2 aromatic rings. The van der Waals surface area contributed by atoms with Crippen LogP contribution in [0, 0.1) is 11.3 Å². The molecule has 0 aromatic heterocycles. The highest BCUT2D eigenvalue weighted by Gasteiger charge is 2.48. The van der Waals surface area contributed by atoms with Crippen molar-refractivity contribution in [2.45, 2.75) is 108 Å². The van der Waals surface area contributed by atoms with Gasteiger partial charge in [-0.05, 0) is 87.0 Å². The van der Waals surface area contributed by atoms with Crippen LogP contribution in [0.1, 0.15) is 93.8 Å². The van der Waals surface area contributed by atoms with E-state index in [1.54, 1.807) is 4.90 Å². The topological polar surface area (TPSA) is 125 Å². The van der Waals surface area contributed by atoms with E-state index < -0.39 is 25.1 Å². The first-order chi connectivity index (χ1) is 25.3. The van der Waals surface area contributed by atoms with Crippen LogP contribution in [0.25, 0.3) is 10.8 Å². The molecule has 0 unspecified atom stereocenters. The SMILES string of the molecule is O=C(N[C@H](CC1CCCCC1)C(=O)N1C[C@H](N2CCCCC2)C[C@H]1C(=O)N[C@@H](CCCCN1CC2(CSC2)C1)B(O)O)c1ccc2ccccc2c1. The van der Waals surface area contributed by atoms with E-state index in [0.29, 0.717) is 42.7 Å². The fourth-order valence-corrected chi connectivity index (χ4v) is 10.7. The molecule has 0 radical (unpaired) electrons. The molecule has 10 nitrogen and oxygen atoms in total. The molecule has 4 heterocycles. The second-order valence-corrected chi connectivity index (χ2v) is 17.5. The molecule has 52 heavy (non-hydrogen) atoms. The van der Waals surface area contributed by atoms with Crippen LogP contribution in [0.15, 0.2) is 42.5 Å². The number of hydrogen-bond acceptors (Lipinski definition) is 8. The standard InChI is InChI=1S/C40H58BN5O5S/c47-37(32-17-16-30-13-5-6-14-31(30)22-32)42-34(21-29-11-3-1-4-12-29)39(49)46-24-33(45-19-8-2-9-20-45)23-35(46)38(48)43-36(41(50)51)15-7-10-18-44-25-40(26-44)27-52-28-40/h5-6,13-14,16-17,22,29,33-36,50-51H,1-4,7-12,15,18-21,23-28H2,(H,42,47)(H,43,48)/t33-,34-,35+,36+/m1/s1. The molecule has 0 bridgehead atoms. The highest BCUT2D eigenvalue weighted by atomic mass is 32.2. The summed E-state index contributed by atoms with van der Waals surface area (Å²) in [5, 5.41) is 28.8. The minimum absolute atomic E-state index is 0.0397. The fraction of sp³-hybridized carbons (Fsp3) is 0.675. The molecule has 4 saturated heterocycles. The van der Waals surface area contributed by atoms with E-state index in [2.05, 4.69) is 20.4 Å². The van der Waals surface area contributed by atoms with Gasteiger partial charge in [-0.25, -0.2) is 0 Å². The molecule has 2 aromatic carbocycles. The van der Waals surface area contributed by atoms with Gasteiger partial charge in [0.05, 0.1) is 5.94 Å². The number of likely N-dealkylation sites (tertiary alicyclic amines) is 3. The van der Waals surface area contributed by atoms with Crippen LogP contribution in [0.4, 0.5) is 0 Å². The number of hydrogen-bond donors (Lipinski definition) is 4. The molecule has 3 amide bonds. The highest BCUT2D eigenvalue weighted by molar-refractivity contribution is 8.00. The van der Waals surface area contributed by atoms with Gasteiger partial charge >= 0.3 is 7.12 Å². The maximum Gasteiger partial charge on any atom is 0.475 e. The van der Waals surface area contributed by atoms with Gasteiger partial charge in [0.25, 0.3) is 5.91 Å². The Morgan fingerprint density at radius 3 is 2.35 bits per heavy atom. The lowest BCUT2D eigenvalue weighted by molar-refractivity contribution is -0.140. The molecule has 282 valence electrons. The molecule has 12 heteroatoms.